The number of rotatable bonds is 11. The van der Waals surface area contributed by atoms with Crippen LogP contribution in [0.1, 0.15) is 80.8 Å². The Morgan fingerprint density at radius 2 is 1.58 bits per heavy atom. The van der Waals surface area contributed by atoms with Gasteiger partial charge in [0, 0.05) is 16.6 Å². The van der Waals surface area contributed by atoms with Gasteiger partial charge in [0.1, 0.15) is 0 Å². The maximum atomic E-state index is 12.6. The van der Waals surface area contributed by atoms with Crippen LogP contribution in [-0.4, -0.2) is 19.9 Å². The minimum atomic E-state index is -0.0777. The smallest absolute Gasteiger partial charge is 0.255 e. The van der Waals surface area contributed by atoms with Crippen molar-refractivity contribution in [3.63, 3.8) is 0 Å². The molecule has 0 amide bonds. The number of aryl methyl sites for hydroxylation is 3. The predicted molar refractivity (Wildman–Crippen MR) is 128 cm³/mol. The first-order valence-electron chi connectivity index (χ1n) is 11.6. The van der Waals surface area contributed by atoms with E-state index in [1.54, 1.807) is 0 Å². The number of aromatic amines is 1. The number of nitrogens with one attached hydrogen (secondary N) is 2. The van der Waals surface area contributed by atoms with Gasteiger partial charge in [0.15, 0.2) is 0 Å². The normalized spacial score (nSPS) is 11.2. The third kappa shape index (κ3) is 6.36. The molecule has 0 aliphatic rings. The van der Waals surface area contributed by atoms with Crippen molar-refractivity contribution in [2.45, 2.75) is 85.5 Å². The summed E-state index contributed by atoms with van der Waals surface area (Å²) in [5.74, 6) is 0.820. The lowest BCUT2D eigenvalue weighted by atomic mass is 10.0. The summed E-state index contributed by atoms with van der Waals surface area (Å²) in [6.45, 7) is 8.15. The molecule has 0 fully saturated rings. The number of benzene rings is 1. The van der Waals surface area contributed by atoms with Crippen molar-refractivity contribution in [1.29, 1.82) is 0 Å². The number of anilines is 2. The second kappa shape index (κ2) is 11.0. The molecule has 0 spiro atoms. The van der Waals surface area contributed by atoms with E-state index in [9.17, 15) is 4.79 Å². The molecule has 2 heterocycles. The quantitative estimate of drug-likeness (QED) is 0.367. The van der Waals surface area contributed by atoms with Gasteiger partial charge in [-0.2, -0.15) is 0 Å². The van der Waals surface area contributed by atoms with E-state index in [0.717, 1.165) is 47.1 Å². The molecular weight excluding hydrogens is 386 g/mol. The Balaban J connectivity index is 1.61. The molecule has 0 atom stereocenters. The third-order valence-electron chi connectivity index (χ3n) is 5.77. The van der Waals surface area contributed by atoms with Gasteiger partial charge >= 0.3 is 0 Å². The molecule has 31 heavy (non-hydrogen) atoms. The highest BCUT2D eigenvalue weighted by molar-refractivity contribution is 5.82. The lowest BCUT2D eigenvalue weighted by Gasteiger charge is -2.10. The predicted octanol–water partition coefficient (Wildman–Crippen LogP) is 6.07. The fraction of sp³-hybridized carbons (Fsp3) is 0.520. The fourth-order valence-electron chi connectivity index (χ4n) is 3.96. The average Bonchev–Trinajstić information content (AvgIpc) is 2.72. The molecule has 1 aromatic carbocycles. The van der Waals surface area contributed by atoms with E-state index in [1.807, 2.05) is 26.0 Å². The van der Waals surface area contributed by atoms with Gasteiger partial charge in [-0.25, -0.2) is 15.0 Å². The SMILES string of the molecule is CCCCCCCCCCc1c(C)nc(Nc2nc(C)c3cc(C)ccc3n2)[nH]c1=O. The van der Waals surface area contributed by atoms with Crippen LogP contribution in [0.15, 0.2) is 23.0 Å². The molecule has 2 N–H and O–H groups in total. The molecule has 0 radical (unpaired) electrons. The van der Waals surface area contributed by atoms with E-state index in [4.69, 9.17) is 0 Å². The van der Waals surface area contributed by atoms with Crippen molar-refractivity contribution >= 4 is 22.8 Å². The highest BCUT2D eigenvalue weighted by atomic mass is 16.1. The number of fused-ring (bicyclic) bond motifs is 1. The number of H-pyrrole nitrogens is 1. The highest BCUT2D eigenvalue weighted by Crippen LogP contribution is 2.20. The van der Waals surface area contributed by atoms with E-state index in [2.05, 4.69) is 45.2 Å². The molecule has 6 nitrogen and oxygen atoms in total. The summed E-state index contributed by atoms with van der Waals surface area (Å²) in [5, 5.41) is 4.10. The first-order chi connectivity index (χ1) is 15.0. The molecule has 0 unspecified atom stereocenters. The Morgan fingerprint density at radius 1 is 0.871 bits per heavy atom. The van der Waals surface area contributed by atoms with Crippen LogP contribution in [0.3, 0.4) is 0 Å². The molecule has 6 heteroatoms. The van der Waals surface area contributed by atoms with Crippen LogP contribution in [0.5, 0.6) is 0 Å². The molecule has 2 aromatic heterocycles. The minimum Gasteiger partial charge on any atom is -0.294 e. The minimum absolute atomic E-state index is 0.0777. The largest absolute Gasteiger partial charge is 0.294 e. The Kier molecular flexibility index (Phi) is 8.15. The summed E-state index contributed by atoms with van der Waals surface area (Å²) in [5.41, 5.74) is 4.40. The number of nitrogens with zero attached hydrogens (tertiary/aromatic N) is 3. The molecular formula is C25H35N5O. The number of unbranched alkanes of at least 4 members (excludes halogenated alkanes) is 7. The lowest BCUT2D eigenvalue weighted by molar-refractivity contribution is 0.574. The molecule has 0 aliphatic carbocycles. The molecule has 0 saturated carbocycles. The van der Waals surface area contributed by atoms with Crippen molar-refractivity contribution in [1.82, 2.24) is 19.9 Å². The molecule has 3 aromatic rings. The summed E-state index contributed by atoms with van der Waals surface area (Å²) in [4.78, 5) is 29.1. The Hall–Kier alpha value is -2.76. The van der Waals surface area contributed by atoms with Crippen LogP contribution in [0.2, 0.25) is 0 Å². The Bertz CT molecular complexity index is 1070. The van der Waals surface area contributed by atoms with Crippen LogP contribution in [0, 0.1) is 20.8 Å². The van der Waals surface area contributed by atoms with Gasteiger partial charge in [-0.15, -0.1) is 0 Å². The zero-order valence-corrected chi connectivity index (χ0v) is 19.3. The summed E-state index contributed by atoms with van der Waals surface area (Å²) < 4.78 is 0. The maximum Gasteiger partial charge on any atom is 0.255 e. The number of hydrogen-bond acceptors (Lipinski definition) is 5. The molecule has 0 bridgehead atoms. The fourth-order valence-corrected chi connectivity index (χ4v) is 3.96. The van der Waals surface area contributed by atoms with Gasteiger partial charge in [-0.1, -0.05) is 63.5 Å². The summed E-state index contributed by atoms with van der Waals surface area (Å²) in [7, 11) is 0. The van der Waals surface area contributed by atoms with Crippen LogP contribution in [0.25, 0.3) is 10.9 Å². The Labute approximate surface area is 185 Å². The second-order valence-electron chi connectivity index (χ2n) is 8.48. The van der Waals surface area contributed by atoms with Gasteiger partial charge in [-0.05, 0) is 45.7 Å². The summed E-state index contributed by atoms with van der Waals surface area (Å²) in [6, 6.07) is 6.10. The number of hydrogen-bond donors (Lipinski definition) is 2. The van der Waals surface area contributed by atoms with Gasteiger partial charge in [0.25, 0.3) is 5.56 Å². The van der Waals surface area contributed by atoms with Crippen molar-refractivity contribution in [2.75, 3.05) is 5.32 Å². The lowest BCUT2D eigenvalue weighted by Crippen LogP contribution is -2.19. The van der Waals surface area contributed by atoms with E-state index >= 15 is 0 Å². The highest BCUT2D eigenvalue weighted by Gasteiger charge is 2.10. The van der Waals surface area contributed by atoms with Crippen molar-refractivity contribution in [3.8, 4) is 0 Å². The molecule has 3 rings (SSSR count). The first kappa shape index (κ1) is 22.9. The van der Waals surface area contributed by atoms with Crippen LogP contribution < -0.4 is 10.9 Å². The third-order valence-corrected chi connectivity index (χ3v) is 5.77. The zero-order chi connectivity index (χ0) is 22.2. The van der Waals surface area contributed by atoms with Crippen LogP contribution in [0.4, 0.5) is 11.9 Å². The van der Waals surface area contributed by atoms with Crippen molar-refractivity contribution in [2.24, 2.45) is 0 Å². The second-order valence-corrected chi connectivity index (χ2v) is 8.48. The first-order valence-corrected chi connectivity index (χ1v) is 11.6. The van der Waals surface area contributed by atoms with E-state index in [1.165, 1.54) is 44.1 Å². The Morgan fingerprint density at radius 3 is 2.29 bits per heavy atom. The summed E-state index contributed by atoms with van der Waals surface area (Å²) in [6.07, 6.45) is 10.8. The van der Waals surface area contributed by atoms with Crippen LogP contribution >= 0.6 is 0 Å². The monoisotopic (exact) mass is 421 g/mol. The van der Waals surface area contributed by atoms with Crippen molar-refractivity contribution < 1.29 is 0 Å². The van der Waals surface area contributed by atoms with Crippen LogP contribution in [-0.2, 0) is 6.42 Å². The molecule has 0 saturated heterocycles. The van der Waals surface area contributed by atoms with E-state index in [-0.39, 0.29) is 5.56 Å². The average molecular weight is 422 g/mol. The van der Waals surface area contributed by atoms with Gasteiger partial charge < -0.3 is 0 Å². The van der Waals surface area contributed by atoms with Gasteiger partial charge in [-0.3, -0.25) is 15.1 Å². The van der Waals surface area contributed by atoms with Gasteiger partial charge in [0.2, 0.25) is 11.9 Å². The summed E-state index contributed by atoms with van der Waals surface area (Å²) >= 11 is 0. The van der Waals surface area contributed by atoms with Crippen molar-refractivity contribution in [3.05, 3.63) is 51.1 Å². The standard InChI is InChI=1S/C25H35N5O/c1-5-6-7-8-9-10-11-12-13-20-18(3)26-25(29-23(20)31)30-24-27-19(4)21-16-17(2)14-15-22(21)28-24/h14-16H,5-13H2,1-4H3,(H2,26,27,28,29,30,31). The number of aromatic nitrogens is 4. The maximum absolute atomic E-state index is 12.6. The zero-order valence-electron chi connectivity index (χ0n) is 19.3. The van der Waals surface area contributed by atoms with E-state index in [0.29, 0.717) is 11.9 Å². The molecule has 166 valence electrons. The topological polar surface area (TPSA) is 83.6 Å². The molecule has 0 aliphatic heterocycles. The van der Waals surface area contributed by atoms with Gasteiger partial charge in [0.05, 0.1) is 11.2 Å². The van der Waals surface area contributed by atoms with E-state index < -0.39 is 0 Å².